The van der Waals surface area contributed by atoms with Gasteiger partial charge in [-0.15, -0.1) is 5.10 Å². The first-order valence-electron chi connectivity index (χ1n) is 6.48. The number of hydrogen-bond donors (Lipinski definition) is 1. The number of nitrogens with zero attached hydrogens (tertiary/aromatic N) is 3. The molecule has 0 radical (unpaired) electrons. The maximum atomic E-state index is 5.76. The Morgan fingerprint density at radius 2 is 1.75 bits per heavy atom. The first-order valence-corrected chi connectivity index (χ1v) is 6.48. The van der Waals surface area contributed by atoms with Crippen LogP contribution in [0.5, 0.6) is 11.5 Å². The lowest BCUT2D eigenvalue weighted by Gasteiger charge is -2.13. The number of hydrogen-bond acceptors (Lipinski definition) is 5. The van der Waals surface area contributed by atoms with Crippen LogP contribution in [-0.2, 0) is 6.54 Å². The van der Waals surface area contributed by atoms with Gasteiger partial charge in [-0.1, -0.05) is 5.21 Å². The summed E-state index contributed by atoms with van der Waals surface area (Å²) in [6, 6.07) is 5.88. The van der Waals surface area contributed by atoms with Crippen LogP contribution in [0.3, 0.4) is 0 Å². The molecule has 0 aliphatic carbocycles. The molecule has 0 saturated carbocycles. The molecule has 2 rings (SSSR count). The first-order chi connectivity index (χ1) is 9.60. The number of methoxy groups -OCH3 is 2. The molecule has 0 atom stereocenters. The maximum Gasteiger partial charge on any atom is 0.123 e. The van der Waals surface area contributed by atoms with Crippen LogP contribution in [0.2, 0.25) is 0 Å². The van der Waals surface area contributed by atoms with Gasteiger partial charge in [-0.05, 0) is 26.0 Å². The largest absolute Gasteiger partial charge is 0.497 e. The lowest BCUT2D eigenvalue weighted by atomic mass is 10.1. The monoisotopic (exact) mass is 276 g/mol. The van der Waals surface area contributed by atoms with Gasteiger partial charge in [-0.3, -0.25) is 0 Å². The Morgan fingerprint density at radius 1 is 1.15 bits per heavy atom. The van der Waals surface area contributed by atoms with E-state index in [1.165, 1.54) is 0 Å². The molecule has 2 aromatic rings. The van der Waals surface area contributed by atoms with Gasteiger partial charge in [-0.2, -0.15) is 0 Å². The fourth-order valence-electron chi connectivity index (χ4n) is 2.07. The molecular formula is C14H20N4O2. The molecule has 0 unspecified atom stereocenters. The van der Waals surface area contributed by atoms with E-state index in [9.17, 15) is 0 Å². The predicted molar refractivity (Wildman–Crippen MR) is 76.8 cm³/mol. The molecule has 6 nitrogen and oxygen atoms in total. The van der Waals surface area contributed by atoms with Crippen LogP contribution in [0.1, 0.15) is 25.6 Å². The Bertz CT molecular complexity index is 571. The summed E-state index contributed by atoms with van der Waals surface area (Å²) in [5, 5.41) is 8.33. The summed E-state index contributed by atoms with van der Waals surface area (Å²) < 4.78 is 12.5. The molecule has 0 amide bonds. The van der Waals surface area contributed by atoms with Crippen molar-refractivity contribution in [2.75, 3.05) is 14.2 Å². The topological polar surface area (TPSA) is 75.2 Å². The molecular weight excluding hydrogens is 256 g/mol. The molecule has 1 heterocycles. The molecule has 1 aromatic heterocycles. The molecule has 0 aliphatic rings. The van der Waals surface area contributed by atoms with Crippen molar-refractivity contribution in [1.29, 1.82) is 0 Å². The third-order valence-corrected chi connectivity index (χ3v) is 3.07. The second-order valence-electron chi connectivity index (χ2n) is 4.73. The van der Waals surface area contributed by atoms with E-state index >= 15 is 0 Å². The first kappa shape index (κ1) is 14.3. The molecule has 108 valence electrons. The van der Waals surface area contributed by atoms with E-state index in [2.05, 4.69) is 24.2 Å². The Kier molecular flexibility index (Phi) is 4.24. The zero-order valence-electron chi connectivity index (χ0n) is 12.3. The quantitative estimate of drug-likeness (QED) is 0.904. The van der Waals surface area contributed by atoms with Crippen LogP contribution in [-0.4, -0.2) is 29.2 Å². The molecule has 6 heteroatoms. The molecule has 0 fully saturated rings. The van der Waals surface area contributed by atoms with Crippen molar-refractivity contribution in [1.82, 2.24) is 15.0 Å². The van der Waals surface area contributed by atoms with E-state index in [1.807, 2.05) is 22.9 Å². The van der Waals surface area contributed by atoms with Gasteiger partial charge in [0.25, 0.3) is 0 Å². The van der Waals surface area contributed by atoms with Gasteiger partial charge in [0.2, 0.25) is 0 Å². The summed E-state index contributed by atoms with van der Waals surface area (Å²) in [5.41, 5.74) is 8.36. The number of rotatable bonds is 5. The van der Waals surface area contributed by atoms with E-state index in [-0.39, 0.29) is 6.04 Å². The van der Waals surface area contributed by atoms with Crippen LogP contribution in [0, 0.1) is 0 Å². The van der Waals surface area contributed by atoms with Crippen molar-refractivity contribution < 1.29 is 9.47 Å². The second-order valence-corrected chi connectivity index (χ2v) is 4.73. The average Bonchev–Trinajstić information content (AvgIpc) is 2.90. The normalized spacial score (nSPS) is 10.9. The third kappa shape index (κ3) is 2.60. The van der Waals surface area contributed by atoms with Crippen LogP contribution < -0.4 is 15.2 Å². The minimum atomic E-state index is 0.190. The van der Waals surface area contributed by atoms with Gasteiger partial charge in [0.05, 0.1) is 19.9 Å². The van der Waals surface area contributed by atoms with Crippen molar-refractivity contribution in [3.63, 3.8) is 0 Å². The van der Waals surface area contributed by atoms with E-state index in [0.29, 0.717) is 6.54 Å². The lowest BCUT2D eigenvalue weighted by Crippen LogP contribution is -2.07. The van der Waals surface area contributed by atoms with Crippen molar-refractivity contribution in [2.45, 2.75) is 26.4 Å². The molecule has 0 aliphatic heterocycles. The highest BCUT2D eigenvalue weighted by molar-refractivity contribution is 5.66. The molecule has 1 aromatic carbocycles. The number of aromatic nitrogens is 3. The van der Waals surface area contributed by atoms with Crippen LogP contribution in [0.4, 0.5) is 0 Å². The second kappa shape index (κ2) is 5.92. The van der Waals surface area contributed by atoms with Crippen molar-refractivity contribution in [3.8, 4) is 22.8 Å². The zero-order chi connectivity index (χ0) is 14.7. The maximum absolute atomic E-state index is 5.76. The minimum absolute atomic E-state index is 0.190. The zero-order valence-corrected chi connectivity index (χ0v) is 12.3. The molecule has 20 heavy (non-hydrogen) atoms. The van der Waals surface area contributed by atoms with Crippen molar-refractivity contribution in [2.24, 2.45) is 5.73 Å². The van der Waals surface area contributed by atoms with E-state index in [1.54, 1.807) is 14.2 Å². The summed E-state index contributed by atoms with van der Waals surface area (Å²) >= 11 is 0. The Labute approximate surface area is 118 Å². The molecule has 2 N–H and O–H groups in total. The fraction of sp³-hybridized carbons (Fsp3) is 0.429. The highest BCUT2D eigenvalue weighted by Crippen LogP contribution is 2.32. The summed E-state index contributed by atoms with van der Waals surface area (Å²) in [5.74, 6) is 1.44. The third-order valence-electron chi connectivity index (χ3n) is 3.07. The molecule has 0 spiro atoms. The SMILES string of the molecule is COc1cc(OC)cc(-c2c(CN)nnn2C(C)C)c1. The highest BCUT2D eigenvalue weighted by atomic mass is 16.5. The smallest absolute Gasteiger partial charge is 0.123 e. The highest BCUT2D eigenvalue weighted by Gasteiger charge is 2.17. The van der Waals surface area contributed by atoms with Crippen LogP contribution in [0.15, 0.2) is 18.2 Å². The van der Waals surface area contributed by atoms with Crippen LogP contribution in [0.25, 0.3) is 11.3 Å². The molecule has 0 saturated heterocycles. The summed E-state index contributed by atoms with van der Waals surface area (Å²) in [4.78, 5) is 0. The van der Waals surface area contributed by atoms with E-state index < -0.39 is 0 Å². The minimum Gasteiger partial charge on any atom is -0.497 e. The Morgan fingerprint density at radius 3 is 2.20 bits per heavy atom. The van der Waals surface area contributed by atoms with E-state index in [4.69, 9.17) is 15.2 Å². The van der Waals surface area contributed by atoms with Gasteiger partial charge in [0.15, 0.2) is 0 Å². The Balaban J connectivity index is 2.63. The van der Waals surface area contributed by atoms with Gasteiger partial charge in [0, 0.05) is 24.2 Å². The summed E-state index contributed by atoms with van der Waals surface area (Å²) in [6.45, 7) is 4.44. The van der Waals surface area contributed by atoms with Gasteiger partial charge in [0.1, 0.15) is 17.2 Å². The lowest BCUT2D eigenvalue weighted by molar-refractivity contribution is 0.394. The standard InChI is InChI=1S/C14H20N4O2/c1-9(2)18-14(13(8-15)16-17-18)10-5-11(19-3)7-12(6-10)20-4/h5-7,9H,8,15H2,1-4H3. The predicted octanol–water partition coefficient (Wildman–Crippen LogP) is 2.00. The fourth-order valence-corrected chi connectivity index (χ4v) is 2.07. The van der Waals surface area contributed by atoms with Gasteiger partial charge in [-0.25, -0.2) is 4.68 Å². The molecule has 0 bridgehead atoms. The van der Waals surface area contributed by atoms with Crippen LogP contribution >= 0.6 is 0 Å². The van der Waals surface area contributed by atoms with E-state index in [0.717, 1.165) is 28.5 Å². The van der Waals surface area contributed by atoms with Crippen molar-refractivity contribution in [3.05, 3.63) is 23.9 Å². The average molecular weight is 276 g/mol. The van der Waals surface area contributed by atoms with Crippen molar-refractivity contribution >= 4 is 0 Å². The number of ether oxygens (including phenoxy) is 2. The summed E-state index contributed by atoms with van der Waals surface area (Å²) in [7, 11) is 3.25. The Hall–Kier alpha value is -2.08. The van der Waals surface area contributed by atoms with Gasteiger partial charge < -0.3 is 15.2 Å². The number of benzene rings is 1. The van der Waals surface area contributed by atoms with Gasteiger partial charge >= 0.3 is 0 Å². The number of nitrogens with two attached hydrogens (primary N) is 1. The summed E-state index contributed by atoms with van der Waals surface area (Å²) in [6.07, 6.45) is 0.